The Labute approximate surface area is 102 Å². The van der Waals surface area contributed by atoms with Crippen molar-refractivity contribution in [2.75, 3.05) is 5.32 Å². The number of hydrogen-bond acceptors (Lipinski definition) is 4. The summed E-state index contributed by atoms with van der Waals surface area (Å²) < 4.78 is 0. The molecular formula is C13H8N4O. The molecule has 0 unspecified atom stereocenters. The maximum absolute atomic E-state index is 11.8. The maximum Gasteiger partial charge on any atom is 0.272 e. The van der Waals surface area contributed by atoms with Crippen molar-refractivity contribution >= 4 is 22.1 Å². The lowest BCUT2D eigenvalue weighted by molar-refractivity contribution is 1.01. The van der Waals surface area contributed by atoms with Gasteiger partial charge in [0.1, 0.15) is 5.69 Å². The Kier molecular flexibility index (Phi) is 1.64. The fourth-order valence-electron chi connectivity index (χ4n) is 2.36. The third kappa shape index (κ3) is 1.08. The molecule has 1 aliphatic rings. The van der Waals surface area contributed by atoms with Gasteiger partial charge in [0.05, 0.1) is 17.3 Å². The number of nitrogens with one attached hydrogen (secondary N) is 2. The predicted molar refractivity (Wildman–Crippen MR) is 68.9 cm³/mol. The van der Waals surface area contributed by atoms with Crippen LogP contribution in [0.1, 0.15) is 0 Å². The van der Waals surface area contributed by atoms with Gasteiger partial charge in [-0.3, -0.25) is 9.78 Å². The molecule has 2 aromatic heterocycles. The van der Waals surface area contributed by atoms with Crippen LogP contribution in [0, 0.1) is 0 Å². The summed E-state index contributed by atoms with van der Waals surface area (Å²) in [5.41, 5.74) is 3.36. The minimum atomic E-state index is -0.171. The molecule has 0 radical (unpaired) electrons. The lowest BCUT2D eigenvalue weighted by atomic mass is 9.99. The van der Waals surface area contributed by atoms with E-state index in [0.29, 0.717) is 5.39 Å². The van der Waals surface area contributed by atoms with Crippen LogP contribution in [0.2, 0.25) is 0 Å². The number of aromatic nitrogens is 3. The first kappa shape index (κ1) is 9.35. The van der Waals surface area contributed by atoms with Crippen molar-refractivity contribution in [2.45, 2.75) is 0 Å². The van der Waals surface area contributed by atoms with E-state index in [0.717, 1.165) is 28.0 Å². The molecule has 3 heterocycles. The summed E-state index contributed by atoms with van der Waals surface area (Å²) in [5.74, 6) is 0. The summed E-state index contributed by atoms with van der Waals surface area (Å²) in [4.78, 5) is 15.9. The van der Waals surface area contributed by atoms with Crippen LogP contribution in [0.25, 0.3) is 22.0 Å². The second-order valence-electron chi connectivity index (χ2n) is 4.18. The molecule has 1 aliphatic heterocycles. The quantitative estimate of drug-likeness (QED) is 0.490. The Morgan fingerprint density at radius 2 is 2.06 bits per heavy atom. The van der Waals surface area contributed by atoms with E-state index in [2.05, 4.69) is 20.5 Å². The van der Waals surface area contributed by atoms with Gasteiger partial charge in [0.25, 0.3) is 5.56 Å². The number of H-pyrrole nitrogens is 1. The minimum Gasteiger partial charge on any atom is -0.353 e. The number of aromatic amines is 1. The van der Waals surface area contributed by atoms with Gasteiger partial charge in [-0.05, 0) is 18.2 Å². The number of nitrogens with zero attached hydrogens (tertiary/aromatic N) is 2. The molecule has 5 heteroatoms. The largest absolute Gasteiger partial charge is 0.353 e. The molecule has 18 heavy (non-hydrogen) atoms. The predicted octanol–water partition coefficient (Wildman–Crippen LogP) is 2.04. The monoisotopic (exact) mass is 236 g/mol. The smallest absolute Gasteiger partial charge is 0.272 e. The molecule has 2 N–H and O–H groups in total. The van der Waals surface area contributed by atoms with E-state index in [9.17, 15) is 4.79 Å². The van der Waals surface area contributed by atoms with Crippen molar-refractivity contribution in [3.8, 4) is 11.3 Å². The molecule has 0 fully saturated rings. The van der Waals surface area contributed by atoms with Crippen LogP contribution in [-0.4, -0.2) is 15.2 Å². The zero-order chi connectivity index (χ0) is 12.1. The topological polar surface area (TPSA) is 70.7 Å². The highest BCUT2D eigenvalue weighted by Crippen LogP contribution is 2.40. The van der Waals surface area contributed by atoms with E-state index < -0.39 is 0 Å². The van der Waals surface area contributed by atoms with Gasteiger partial charge in [-0.25, -0.2) is 5.10 Å². The van der Waals surface area contributed by atoms with E-state index in [1.54, 1.807) is 18.5 Å². The van der Waals surface area contributed by atoms with Crippen molar-refractivity contribution in [1.29, 1.82) is 0 Å². The number of anilines is 2. The van der Waals surface area contributed by atoms with Crippen LogP contribution < -0.4 is 10.9 Å². The summed E-state index contributed by atoms with van der Waals surface area (Å²) in [6, 6.07) is 7.48. The van der Waals surface area contributed by atoms with Crippen molar-refractivity contribution in [3.63, 3.8) is 0 Å². The first-order valence-electron chi connectivity index (χ1n) is 5.57. The fourth-order valence-corrected chi connectivity index (χ4v) is 2.36. The summed E-state index contributed by atoms with van der Waals surface area (Å²) in [7, 11) is 0. The van der Waals surface area contributed by atoms with Crippen LogP contribution in [-0.2, 0) is 0 Å². The Morgan fingerprint density at radius 3 is 3.00 bits per heavy atom. The molecule has 0 amide bonds. The third-order valence-electron chi connectivity index (χ3n) is 3.16. The first-order chi connectivity index (χ1) is 8.84. The van der Waals surface area contributed by atoms with Gasteiger partial charge >= 0.3 is 0 Å². The fraction of sp³-hybridized carbons (Fsp3) is 0. The first-order valence-corrected chi connectivity index (χ1v) is 5.57. The molecule has 0 atom stereocenters. The number of benzene rings is 1. The van der Waals surface area contributed by atoms with Gasteiger partial charge in [-0.2, -0.15) is 5.10 Å². The number of rotatable bonds is 0. The molecule has 4 rings (SSSR count). The van der Waals surface area contributed by atoms with Crippen LogP contribution in [0.4, 0.5) is 11.4 Å². The maximum atomic E-state index is 11.8. The van der Waals surface area contributed by atoms with Gasteiger partial charge in [0, 0.05) is 22.8 Å². The average molecular weight is 236 g/mol. The van der Waals surface area contributed by atoms with Crippen molar-refractivity contribution < 1.29 is 0 Å². The molecule has 0 saturated heterocycles. The van der Waals surface area contributed by atoms with Crippen LogP contribution in [0.5, 0.6) is 0 Å². The molecule has 86 valence electrons. The third-order valence-corrected chi connectivity index (χ3v) is 3.16. The summed E-state index contributed by atoms with van der Waals surface area (Å²) >= 11 is 0. The highest BCUT2D eigenvalue weighted by atomic mass is 16.1. The lowest BCUT2D eigenvalue weighted by Crippen LogP contribution is -2.13. The number of pyridine rings is 1. The zero-order valence-electron chi connectivity index (χ0n) is 9.27. The van der Waals surface area contributed by atoms with Crippen molar-refractivity contribution in [3.05, 3.63) is 47.0 Å². The molecule has 0 saturated carbocycles. The molecule has 3 aromatic rings. The Morgan fingerprint density at radius 1 is 1.11 bits per heavy atom. The summed E-state index contributed by atoms with van der Waals surface area (Å²) in [5, 5.41) is 11.5. The Bertz CT molecular complexity index is 838. The highest BCUT2D eigenvalue weighted by Gasteiger charge is 2.20. The van der Waals surface area contributed by atoms with Gasteiger partial charge in [0.15, 0.2) is 0 Å². The van der Waals surface area contributed by atoms with E-state index in [1.807, 2.05) is 18.2 Å². The number of hydrogen-bond donors (Lipinski definition) is 2. The van der Waals surface area contributed by atoms with Crippen LogP contribution >= 0.6 is 0 Å². The summed E-state index contributed by atoms with van der Waals surface area (Å²) in [6.07, 6.45) is 3.47. The molecule has 0 spiro atoms. The van der Waals surface area contributed by atoms with Gasteiger partial charge in [-0.15, -0.1) is 0 Å². The minimum absolute atomic E-state index is 0.171. The van der Waals surface area contributed by atoms with Crippen molar-refractivity contribution in [2.24, 2.45) is 0 Å². The normalized spacial score (nSPS) is 12.0. The standard InChI is InChI=1S/C13H8N4O/c18-13-8-2-1-3-9-11(8)12(16-17-13)7-4-5-14-6-10(7)15-9/h1-6,15H,(H,17,18). The van der Waals surface area contributed by atoms with Gasteiger partial charge in [0.2, 0.25) is 0 Å². The van der Waals surface area contributed by atoms with E-state index in [1.165, 1.54) is 0 Å². The average Bonchev–Trinajstić information content (AvgIpc) is 2.42. The molecule has 0 bridgehead atoms. The van der Waals surface area contributed by atoms with E-state index >= 15 is 0 Å². The Hall–Kier alpha value is -2.69. The summed E-state index contributed by atoms with van der Waals surface area (Å²) in [6.45, 7) is 0. The second-order valence-corrected chi connectivity index (χ2v) is 4.18. The molecular weight excluding hydrogens is 228 g/mol. The molecule has 0 aliphatic carbocycles. The second kappa shape index (κ2) is 3.16. The van der Waals surface area contributed by atoms with Crippen LogP contribution in [0.15, 0.2) is 41.5 Å². The van der Waals surface area contributed by atoms with E-state index in [4.69, 9.17) is 0 Å². The van der Waals surface area contributed by atoms with E-state index in [-0.39, 0.29) is 5.56 Å². The van der Waals surface area contributed by atoms with Gasteiger partial charge < -0.3 is 5.32 Å². The lowest BCUT2D eigenvalue weighted by Gasteiger charge is -2.19. The van der Waals surface area contributed by atoms with Gasteiger partial charge in [-0.1, -0.05) is 6.07 Å². The number of fused-ring (bicyclic) bond motifs is 2. The van der Waals surface area contributed by atoms with Crippen molar-refractivity contribution in [1.82, 2.24) is 15.2 Å². The SMILES string of the molecule is O=c1[nH]nc2c3c(cccc13)Nc1cnccc1-2. The molecule has 1 aromatic carbocycles. The zero-order valence-corrected chi connectivity index (χ0v) is 9.27. The molecule has 5 nitrogen and oxygen atoms in total. The Balaban J connectivity index is 2.25. The highest BCUT2D eigenvalue weighted by molar-refractivity contribution is 6.08. The van der Waals surface area contributed by atoms with Crippen LogP contribution in [0.3, 0.4) is 0 Å².